The number of halogens is 2. The molecule has 0 aliphatic rings. The highest BCUT2D eigenvalue weighted by atomic mass is 127. The summed E-state index contributed by atoms with van der Waals surface area (Å²) in [6.45, 7) is 4.05. The first kappa shape index (κ1) is 20.0. The molecule has 0 fully saturated rings. The first-order valence-electron chi connectivity index (χ1n) is 6.66. The van der Waals surface area contributed by atoms with E-state index in [1.165, 1.54) is 0 Å². The monoisotopic (exact) mass is 424 g/mol. The standard InChI is InChI=1S/C14H21ClN4O.HI/c1-3-8-18-14(16-2)19-10-9-17-13(20)11-6-4-5-7-12(11)15;/h4-7H,3,8-10H2,1-2H3,(H,17,20)(H2,16,18,19);1H. The summed E-state index contributed by atoms with van der Waals surface area (Å²) in [5, 5.41) is 9.53. The van der Waals surface area contributed by atoms with E-state index in [9.17, 15) is 4.79 Å². The largest absolute Gasteiger partial charge is 0.356 e. The van der Waals surface area contributed by atoms with E-state index in [0.717, 1.165) is 18.9 Å². The van der Waals surface area contributed by atoms with Crippen LogP contribution in [0.3, 0.4) is 0 Å². The predicted molar refractivity (Wildman–Crippen MR) is 98.9 cm³/mol. The molecule has 0 atom stereocenters. The lowest BCUT2D eigenvalue weighted by Crippen LogP contribution is -2.41. The molecule has 21 heavy (non-hydrogen) atoms. The quantitative estimate of drug-likeness (QED) is 0.284. The summed E-state index contributed by atoms with van der Waals surface area (Å²) in [7, 11) is 1.72. The Kier molecular flexibility index (Phi) is 11.1. The molecule has 0 bridgehead atoms. The Morgan fingerprint density at radius 3 is 2.38 bits per heavy atom. The Balaban J connectivity index is 0.00000400. The summed E-state index contributed by atoms with van der Waals surface area (Å²) >= 11 is 5.96. The van der Waals surface area contributed by atoms with Gasteiger partial charge in [-0.2, -0.15) is 0 Å². The van der Waals surface area contributed by atoms with Crippen LogP contribution in [0.15, 0.2) is 29.3 Å². The third-order valence-electron chi connectivity index (χ3n) is 2.59. The maximum atomic E-state index is 11.9. The second kappa shape index (κ2) is 11.6. The molecule has 1 rings (SSSR count). The Bertz CT molecular complexity index is 468. The van der Waals surface area contributed by atoms with Crippen molar-refractivity contribution >= 4 is 47.4 Å². The van der Waals surface area contributed by atoms with Gasteiger partial charge in [0.1, 0.15) is 0 Å². The van der Waals surface area contributed by atoms with Gasteiger partial charge in [0.25, 0.3) is 5.91 Å². The molecule has 0 radical (unpaired) electrons. The number of benzene rings is 1. The summed E-state index contributed by atoms with van der Waals surface area (Å²) in [5.41, 5.74) is 0.489. The van der Waals surface area contributed by atoms with Gasteiger partial charge in [-0.1, -0.05) is 30.7 Å². The minimum atomic E-state index is -0.172. The van der Waals surface area contributed by atoms with Gasteiger partial charge in [-0.3, -0.25) is 9.79 Å². The highest BCUT2D eigenvalue weighted by Gasteiger charge is 2.08. The van der Waals surface area contributed by atoms with Crippen molar-refractivity contribution in [1.82, 2.24) is 16.0 Å². The van der Waals surface area contributed by atoms with Gasteiger partial charge in [0.2, 0.25) is 0 Å². The number of carbonyl (C=O) groups is 1. The van der Waals surface area contributed by atoms with Crippen molar-refractivity contribution in [3.8, 4) is 0 Å². The lowest BCUT2D eigenvalue weighted by atomic mass is 10.2. The van der Waals surface area contributed by atoms with Gasteiger partial charge in [-0.15, -0.1) is 24.0 Å². The van der Waals surface area contributed by atoms with E-state index in [4.69, 9.17) is 11.6 Å². The third-order valence-corrected chi connectivity index (χ3v) is 2.92. The predicted octanol–water partition coefficient (Wildman–Crippen LogP) is 2.26. The van der Waals surface area contributed by atoms with Gasteiger partial charge in [0.15, 0.2) is 5.96 Å². The normalized spacial score (nSPS) is 10.5. The summed E-state index contributed by atoms with van der Waals surface area (Å²) < 4.78 is 0. The molecule has 3 N–H and O–H groups in total. The molecule has 0 aliphatic heterocycles. The number of hydrogen-bond donors (Lipinski definition) is 3. The van der Waals surface area contributed by atoms with Gasteiger partial charge in [-0.25, -0.2) is 0 Å². The van der Waals surface area contributed by atoms with Gasteiger partial charge < -0.3 is 16.0 Å². The van der Waals surface area contributed by atoms with Crippen LogP contribution >= 0.6 is 35.6 Å². The van der Waals surface area contributed by atoms with Crippen LogP contribution in [0.1, 0.15) is 23.7 Å². The Labute approximate surface area is 148 Å². The Morgan fingerprint density at radius 1 is 1.14 bits per heavy atom. The fourth-order valence-corrected chi connectivity index (χ4v) is 1.78. The molecule has 0 unspecified atom stereocenters. The Hall–Kier alpha value is -1.02. The van der Waals surface area contributed by atoms with Crippen LogP contribution in [0.4, 0.5) is 0 Å². The molecular formula is C14H22ClIN4O. The number of amides is 1. The molecule has 7 heteroatoms. The van der Waals surface area contributed by atoms with E-state index in [2.05, 4.69) is 27.9 Å². The van der Waals surface area contributed by atoms with E-state index < -0.39 is 0 Å². The molecule has 1 aromatic rings. The zero-order chi connectivity index (χ0) is 14.8. The highest BCUT2D eigenvalue weighted by Crippen LogP contribution is 2.14. The second-order valence-corrected chi connectivity index (χ2v) is 4.57. The van der Waals surface area contributed by atoms with Crippen molar-refractivity contribution < 1.29 is 4.79 Å². The molecule has 0 heterocycles. The molecule has 5 nitrogen and oxygen atoms in total. The minimum absolute atomic E-state index is 0. The fourth-order valence-electron chi connectivity index (χ4n) is 1.56. The van der Waals surface area contributed by atoms with Crippen molar-refractivity contribution in [2.45, 2.75) is 13.3 Å². The van der Waals surface area contributed by atoms with Crippen LogP contribution in [0.2, 0.25) is 5.02 Å². The Morgan fingerprint density at radius 2 is 1.76 bits per heavy atom. The first-order chi connectivity index (χ1) is 9.69. The zero-order valence-corrected chi connectivity index (χ0v) is 15.4. The average Bonchev–Trinajstić information content (AvgIpc) is 2.46. The maximum absolute atomic E-state index is 11.9. The minimum Gasteiger partial charge on any atom is -0.356 e. The lowest BCUT2D eigenvalue weighted by molar-refractivity contribution is 0.0954. The van der Waals surface area contributed by atoms with Gasteiger partial charge in [0.05, 0.1) is 10.6 Å². The molecule has 0 aromatic heterocycles. The van der Waals surface area contributed by atoms with Crippen molar-refractivity contribution in [2.24, 2.45) is 4.99 Å². The summed E-state index contributed by atoms with van der Waals surface area (Å²) in [6.07, 6.45) is 1.03. The van der Waals surface area contributed by atoms with Crippen molar-refractivity contribution in [3.63, 3.8) is 0 Å². The van der Waals surface area contributed by atoms with Gasteiger partial charge in [-0.05, 0) is 18.6 Å². The molecule has 1 amide bonds. The molecule has 0 spiro atoms. The van der Waals surface area contributed by atoms with E-state index >= 15 is 0 Å². The van der Waals surface area contributed by atoms with E-state index in [1.807, 2.05) is 0 Å². The van der Waals surface area contributed by atoms with Crippen LogP contribution in [0, 0.1) is 0 Å². The number of guanidine groups is 1. The van der Waals surface area contributed by atoms with Crippen LogP contribution < -0.4 is 16.0 Å². The lowest BCUT2D eigenvalue weighted by Gasteiger charge is -2.11. The number of hydrogen-bond acceptors (Lipinski definition) is 2. The molecule has 0 aliphatic carbocycles. The maximum Gasteiger partial charge on any atom is 0.252 e. The third kappa shape index (κ3) is 7.52. The summed E-state index contributed by atoms with van der Waals surface area (Å²) in [5.74, 6) is 0.563. The van der Waals surface area contributed by atoms with Gasteiger partial charge >= 0.3 is 0 Å². The number of nitrogens with one attached hydrogen (secondary N) is 3. The molecule has 0 saturated heterocycles. The first-order valence-corrected chi connectivity index (χ1v) is 7.04. The number of aliphatic imine (C=N–C) groups is 1. The SMILES string of the molecule is CCCNC(=NC)NCCNC(=O)c1ccccc1Cl.I. The van der Waals surface area contributed by atoms with Crippen LogP contribution in [0.5, 0.6) is 0 Å². The van der Waals surface area contributed by atoms with E-state index in [0.29, 0.717) is 23.7 Å². The number of carbonyl (C=O) groups excluding carboxylic acids is 1. The molecule has 0 saturated carbocycles. The fraction of sp³-hybridized carbons (Fsp3) is 0.429. The van der Waals surface area contributed by atoms with Crippen LogP contribution in [0.25, 0.3) is 0 Å². The highest BCUT2D eigenvalue weighted by molar-refractivity contribution is 14.0. The zero-order valence-electron chi connectivity index (χ0n) is 12.3. The number of rotatable bonds is 6. The summed E-state index contributed by atoms with van der Waals surface area (Å²) in [6, 6.07) is 6.98. The summed E-state index contributed by atoms with van der Waals surface area (Å²) in [4.78, 5) is 16.0. The van der Waals surface area contributed by atoms with E-state index in [-0.39, 0.29) is 29.9 Å². The second-order valence-electron chi connectivity index (χ2n) is 4.16. The molecule has 1 aromatic carbocycles. The van der Waals surface area contributed by atoms with Crippen LogP contribution in [-0.4, -0.2) is 38.5 Å². The smallest absolute Gasteiger partial charge is 0.252 e. The molecule has 118 valence electrons. The van der Waals surface area contributed by atoms with Crippen molar-refractivity contribution in [2.75, 3.05) is 26.7 Å². The van der Waals surface area contributed by atoms with Crippen LogP contribution in [-0.2, 0) is 0 Å². The van der Waals surface area contributed by atoms with Crippen molar-refractivity contribution in [3.05, 3.63) is 34.9 Å². The van der Waals surface area contributed by atoms with Gasteiger partial charge in [0, 0.05) is 26.7 Å². The van der Waals surface area contributed by atoms with Crippen molar-refractivity contribution in [1.29, 1.82) is 0 Å². The topological polar surface area (TPSA) is 65.5 Å². The molecular weight excluding hydrogens is 403 g/mol. The average molecular weight is 425 g/mol. The van der Waals surface area contributed by atoms with E-state index in [1.54, 1.807) is 31.3 Å². The number of nitrogens with zero attached hydrogens (tertiary/aromatic N) is 1.